The molecule has 0 fully saturated rings. The highest BCUT2D eigenvalue weighted by atomic mass is 15.1. The third-order valence-electron chi connectivity index (χ3n) is 1.39. The molecule has 0 aliphatic heterocycles. The van der Waals surface area contributed by atoms with Crippen LogP contribution in [-0.4, -0.2) is 17.7 Å². The molecule has 1 aromatic heterocycles. The monoisotopic (exact) mass is 175 g/mol. The second kappa shape index (κ2) is 4.90. The number of nitrogens with zero attached hydrogens (tertiary/aromatic N) is 5. The van der Waals surface area contributed by atoms with Crippen LogP contribution < -0.4 is 0 Å². The molecule has 0 radical (unpaired) electrons. The summed E-state index contributed by atoms with van der Waals surface area (Å²) in [5.74, 6) is 0. The van der Waals surface area contributed by atoms with E-state index in [-0.39, 0.29) is 0 Å². The molecule has 5 nitrogen and oxygen atoms in total. The smallest absolute Gasteiger partial charge is 0.0493 e. The van der Waals surface area contributed by atoms with Gasteiger partial charge in [0.15, 0.2) is 0 Å². The van der Waals surface area contributed by atoms with Gasteiger partial charge in [0.1, 0.15) is 0 Å². The summed E-state index contributed by atoms with van der Waals surface area (Å²) >= 11 is 0. The minimum atomic E-state index is 0.551. The van der Waals surface area contributed by atoms with Crippen LogP contribution in [0.15, 0.2) is 28.6 Å². The predicted octanol–water partition coefficient (Wildman–Crippen LogP) is 2.46. The van der Waals surface area contributed by atoms with Crippen molar-refractivity contribution in [2.75, 3.05) is 6.54 Å². The first-order chi connectivity index (χ1) is 6.38. The molecule has 0 spiro atoms. The zero-order valence-electron chi connectivity index (χ0n) is 7.25. The lowest BCUT2D eigenvalue weighted by molar-refractivity contribution is 1.14. The fourth-order valence-electron chi connectivity index (χ4n) is 0.828. The van der Waals surface area contributed by atoms with Crippen LogP contribution in [-0.2, 0) is 0 Å². The number of azide groups is 1. The fraction of sp³-hybridized carbons (Fsp3) is 0.250. The van der Waals surface area contributed by atoms with Crippen LogP contribution in [0.3, 0.4) is 0 Å². The van der Waals surface area contributed by atoms with E-state index in [0.29, 0.717) is 12.2 Å². The molecule has 0 atom stereocenters. The number of pyridine rings is 1. The molecule has 0 saturated heterocycles. The van der Waals surface area contributed by atoms with Gasteiger partial charge in [-0.15, -0.1) is 0 Å². The molecule has 0 bridgehead atoms. The summed E-state index contributed by atoms with van der Waals surface area (Å²) in [5, 5.41) is 3.51. The largest absolute Gasteiger partial charge is 0.293 e. The van der Waals surface area contributed by atoms with E-state index >= 15 is 0 Å². The summed E-state index contributed by atoms with van der Waals surface area (Å²) < 4.78 is 0. The van der Waals surface area contributed by atoms with Gasteiger partial charge >= 0.3 is 0 Å². The van der Waals surface area contributed by atoms with Gasteiger partial charge in [0.05, 0.1) is 0 Å². The Balaban J connectivity index is 3.04. The fourth-order valence-corrected chi connectivity index (χ4v) is 0.828. The molecule has 0 N–H and O–H groups in total. The van der Waals surface area contributed by atoms with Crippen LogP contribution >= 0.6 is 0 Å². The van der Waals surface area contributed by atoms with E-state index in [1.807, 2.05) is 6.92 Å². The highest BCUT2D eigenvalue weighted by Gasteiger charge is 1.95. The van der Waals surface area contributed by atoms with Crippen molar-refractivity contribution >= 4 is 11.9 Å². The van der Waals surface area contributed by atoms with Crippen molar-refractivity contribution in [3.8, 4) is 0 Å². The average Bonchev–Trinajstić information content (AvgIpc) is 2.17. The average molecular weight is 175 g/mol. The Morgan fingerprint density at radius 3 is 3.23 bits per heavy atom. The van der Waals surface area contributed by atoms with E-state index in [9.17, 15) is 0 Å². The van der Waals surface area contributed by atoms with E-state index in [4.69, 9.17) is 5.53 Å². The third-order valence-corrected chi connectivity index (χ3v) is 1.39. The number of aliphatic imine (C=N–C) groups is 1. The van der Waals surface area contributed by atoms with Crippen LogP contribution in [0.4, 0.5) is 5.69 Å². The van der Waals surface area contributed by atoms with Crippen molar-refractivity contribution in [3.05, 3.63) is 34.5 Å². The summed E-state index contributed by atoms with van der Waals surface area (Å²) in [5.41, 5.74) is 9.55. The van der Waals surface area contributed by atoms with Crippen molar-refractivity contribution in [1.29, 1.82) is 0 Å². The Morgan fingerprint density at radius 1 is 1.69 bits per heavy atom. The number of hydrogen-bond donors (Lipinski definition) is 0. The van der Waals surface area contributed by atoms with Crippen LogP contribution in [0.25, 0.3) is 10.4 Å². The summed E-state index contributed by atoms with van der Waals surface area (Å²) in [4.78, 5) is 10.7. The minimum absolute atomic E-state index is 0.551. The molecular weight excluding hydrogens is 166 g/mol. The molecule has 5 heteroatoms. The van der Waals surface area contributed by atoms with Gasteiger partial charge in [-0.25, -0.2) is 0 Å². The molecule has 0 saturated carbocycles. The molecule has 0 aliphatic rings. The summed E-state index contributed by atoms with van der Waals surface area (Å²) in [6.45, 7) is 2.63. The van der Waals surface area contributed by atoms with Crippen molar-refractivity contribution in [2.45, 2.75) is 6.92 Å². The van der Waals surface area contributed by atoms with Gasteiger partial charge in [-0.2, -0.15) is 0 Å². The maximum atomic E-state index is 8.26. The van der Waals surface area contributed by atoms with Gasteiger partial charge in [0, 0.05) is 41.3 Å². The first-order valence-corrected chi connectivity index (χ1v) is 3.87. The summed E-state index contributed by atoms with van der Waals surface area (Å²) in [6.07, 6.45) is 4.84. The quantitative estimate of drug-likeness (QED) is 0.301. The van der Waals surface area contributed by atoms with Crippen LogP contribution in [0.5, 0.6) is 0 Å². The zero-order chi connectivity index (χ0) is 9.52. The maximum Gasteiger partial charge on any atom is 0.0493 e. The van der Waals surface area contributed by atoms with E-state index in [1.165, 1.54) is 0 Å². The Bertz CT molecular complexity index is 351. The molecule has 0 aliphatic carbocycles. The van der Waals surface area contributed by atoms with E-state index < -0.39 is 0 Å². The Labute approximate surface area is 75.8 Å². The molecule has 0 unspecified atom stereocenters. The number of rotatable bonds is 3. The highest BCUT2D eigenvalue weighted by molar-refractivity contribution is 5.85. The topological polar surface area (TPSA) is 74.0 Å². The van der Waals surface area contributed by atoms with Gasteiger partial charge in [0.25, 0.3) is 0 Å². The molecule has 0 amide bonds. The highest BCUT2D eigenvalue weighted by Crippen LogP contribution is 2.14. The van der Waals surface area contributed by atoms with Crippen molar-refractivity contribution in [1.82, 2.24) is 4.98 Å². The molecule has 1 rings (SSSR count). The Hall–Kier alpha value is -1.87. The van der Waals surface area contributed by atoms with Crippen LogP contribution in [0, 0.1) is 0 Å². The first-order valence-electron chi connectivity index (χ1n) is 3.87. The summed E-state index contributed by atoms with van der Waals surface area (Å²) in [7, 11) is 0. The van der Waals surface area contributed by atoms with Crippen molar-refractivity contribution in [2.24, 2.45) is 10.1 Å². The number of hydrogen-bond acceptors (Lipinski definition) is 3. The lowest BCUT2D eigenvalue weighted by Gasteiger charge is -1.95. The molecule has 66 valence electrons. The standard InChI is InChI=1S/C8H9N5/c1-2-10-5-7-6-11-4-3-8(7)12-13-9/h3-6H,2H2,1H3/b10-5+. The molecule has 1 aromatic rings. The van der Waals surface area contributed by atoms with E-state index in [1.54, 1.807) is 24.7 Å². The van der Waals surface area contributed by atoms with E-state index in [0.717, 1.165) is 5.56 Å². The van der Waals surface area contributed by atoms with Gasteiger partial charge in [-0.1, -0.05) is 5.11 Å². The second-order valence-electron chi connectivity index (χ2n) is 2.25. The second-order valence-corrected chi connectivity index (χ2v) is 2.25. The lowest BCUT2D eigenvalue weighted by Crippen LogP contribution is -1.84. The Morgan fingerprint density at radius 2 is 2.54 bits per heavy atom. The van der Waals surface area contributed by atoms with Gasteiger partial charge in [-0.3, -0.25) is 9.98 Å². The predicted molar refractivity (Wildman–Crippen MR) is 51.2 cm³/mol. The molecule has 13 heavy (non-hydrogen) atoms. The minimum Gasteiger partial charge on any atom is -0.293 e. The summed E-state index contributed by atoms with van der Waals surface area (Å²) in [6, 6.07) is 1.65. The SMILES string of the molecule is CC/N=C/c1cnccc1N=[N+]=[N-]. The van der Waals surface area contributed by atoms with E-state index in [2.05, 4.69) is 20.0 Å². The van der Waals surface area contributed by atoms with Crippen molar-refractivity contribution in [3.63, 3.8) is 0 Å². The Kier molecular flexibility index (Phi) is 3.47. The third kappa shape index (κ3) is 2.57. The van der Waals surface area contributed by atoms with Crippen LogP contribution in [0.2, 0.25) is 0 Å². The van der Waals surface area contributed by atoms with Gasteiger partial charge in [0.2, 0.25) is 0 Å². The lowest BCUT2D eigenvalue weighted by atomic mass is 10.2. The van der Waals surface area contributed by atoms with Gasteiger partial charge < -0.3 is 0 Å². The molecule has 1 heterocycles. The zero-order valence-corrected chi connectivity index (χ0v) is 7.25. The first kappa shape index (κ1) is 9.22. The normalized spacial score (nSPS) is 9.92. The maximum absolute atomic E-state index is 8.26. The molecular formula is C8H9N5. The molecule has 0 aromatic carbocycles. The van der Waals surface area contributed by atoms with Gasteiger partial charge in [-0.05, 0) is 18.5 Å². The van der Waals surface area contributed by atoms with Crippen LogP contribution in [0.1, 0.15) is 12.5 Å². The number of aromatic nitrogens is 1. The van der Waals surface area contributed by atoms with Crippen molar-refractivity contribution < 1.29 is 0 Å².